The molecule has 4 N–H and O–H groups in total. The van der Waals surface area contributed by atoms with Gasteiger partial charge in [-0.15, -0.1) is 11.8 Å². The Hall–Kier alpha value is -2.41. The molecule has 2 atom stereocenters. The Kier molecular flexibility index (Phi) is 5.48. The van der Waals surface area contributed by atoms with Crippen molar-refractivity contribution in [2.24, 2.45) is 0 Å². The Labute approximate surface area is 164 Å². The molecule has 0 radical (unpaired) electrons. The van der Waals surface area contributed by atoms with Crippen molar-refractivity contribution in [3.8, 4) is 0 Å². The Morgan fingerprint density at radius 2 is 1.96 bits per heavy atom. The molecule has 10 nitrogen and oxygen atoms in total. The maximum absolute atomic E-state index is 12.4. The fourth-order valence-corrected chi connectivity index (χ4v) is 5.16. The van der Waals surface area contributed by atoms with Crippen molar-refractivity contribution < 1.29 is 37.6 Å². The lowest BCUT2D eigenvalue weighted by molar-refractivity contribution is -0.150. The number of fused-ring (bicyclic) bond motifs is 1. The highest BCUT2D eigenvalue weighted by atomic mass is 32.2. The van der Waals surface area contributed by atoms with Gasteiger partial charge in [0.2, 0.25) is 5.91 Å². The summed E-state index contributed by atoms with van der Waals surface area (Å²) < 4.78 is 32.0. The minimum atomic E-state index is -4.51. The van der Waals surface area contributed by atoms with E-state index in [1.54, 1.807) is 0 Å². The van der Waals surface area contributed by atoms with Crippen LogP contribution in [0.4, 0.5) is 0 Å². The van der Waals surface area contributed by atoms with E-state index in [0.29, 0.717) is 0 Å². The molecule has 28 heavy (non-hydrogen) atoms. The molecule has 3 rings (SSSR count). The highest BCUT2D eigenvalue weighted by Crippen LogP contribution is 2.40. The van der Waals surface area contributed by atoms with Crippen molar-refractivity contribution in [3.05, 3.63) is 41.1 Å². The first-order chi connectivity index (χ1) is 13.1. The van der Waals surface area contributed by atoms with Crippen molar-refractivity contribution in [1.82, 2.24) is 10.2 Å². The maximum Gasteiger partial charge on any atom is 0.352 e. The summed E-state index contributed by atoms with van der Waals surface area (Å²) in [5, 5.41) is 20.4. The number of carboxylic acids is 1. The number of nitrogens with one attached hydrogen (secondary N) is 1. The maximum atomic E-state index is 12.4. The zero-order valence-electron chi connectivity index (χ0n) is 14.2. The Bertz CT molecular complexity index is 988. The van der Waals surface area contributed by atoms with E-state index in [0.717, 1.165) is 11.0 Å². The van der Waals surface area contributed by atoms with E-state index in [-0.39, 0.29) is 29.0 Å². The molecule has 1 aromatic rings. The SMILES string of the molecule is O=C(Cc1ccccc1S(=O)(=O)O)N[C@@H]1C(=O)N2C(C(=O)O)=C(CO)CS[C@H]12. The van der Waals surface area contributed by atoms with Gasteiger partial charge in [0.25, 0.3) is 16.0 Å². The van der Waals surface area contributed by atoms with E-state index in [1.165, 1.54) is 30.0 Å². The molecule has 1 aromatic carbocycles. The molecule has 2 aliphatic heterocycles. The summed E-state index contributed by atoms with van der Waals surface area (Å²) in [5.41, 5.74) is 0.00328. The number of thioether (sulfide) groups is 1. The van der Waals surface area contributed by atoms with Crippen molar-refractivity contribution >= 4 is 39.7 Å². The molecule has 2 heterocycles. The summed E-state index contributed by atoms with van der Waals surface area (Å²) in [6.45, 7) is -0.491. The number of amides is 2. The molecule has 2 aliphatic rings. The predicted octanol–water partition coefficient (Wildman–Crippen LogP) is -0.793. The molecule has 0 aliphatic carbocycles. The van der Waals surface area contributed by atoms with Gasteiger partial charge in [-0.2, -0.15) is 8.42 Å². The number of benzene rings is 1. The summed E-state index contributed by atoms with van der Waals surface area (Å²) in [7, 11) is -4.51. The van der Waals surface area contributed by atoms with E-state index < -0.39 is 50.8 Å². The Morgan fingerprint density at radius 1 is 1.29 bits per heavy atom. The molecule has 12 heteroatoms. The molecule has 0 spiro atoms. The third-order valence-electron chi connectivity index (χ3n) is 4.36. The smallest absolute Gasteiger partial charge is 0.352 e. The standard InChI is InChI=1S/C16H16N2O8S2/c19-6-9-7-27-15-12(14(21)18(15)13(9)16(22)23)17-11(20)5-8-3-1-2-4-10(8)28(24,25)26/h1-4,12,15,19H,5-7H2,(H,17,20)(H,22,23)(H,24,25,26)/t12-,15-/m1/s1. The first-order valence-electron chi connectivity index (χ1n) is 8.00. The average Bonchev–Trinajstić information content (AvgIpc) is 2.64. The van der Waals surface area contributed by atoms with Gasteiger partial charge < -0.3 is 15.5 Å². The molecule has 1 saturated heterocycles. The molecule has 0 bridgehead atoms. The molecule has 0 saturated carbocycles. The summed E-state index contributed by atoms with van der Waals surface area (Å²) in [5.74, 6) is -2.42. The van der Waals surface area contributed by atoms with Crippen LogP contribution in [0.2, 0.25) is 0 Å². The summed E-state index contributed by atoms with van der Waals surface area (Å²) in [6, 6.07) is 4.46. The normalized spacial score (nSPS) is 21.8. The van der Waals surface area contributed by atoms with Gasteiger partial charge in [-0.3, -0.25) is 19.0 Å². The minimum absolute atomic E-state index is 0.0658. The van der Waals surface area contributed by atoms with Crippen LogP contribution in [-0.2, 0) is 30.9 Å². The highest BCUT2D eigenvalue weighted by molar-refractivity contribution is 8.00. The number of hydrogen-bond acceptors (Lipinski definition) is 7. The van der Waals surface area contributed by atoms with Gasteiger partial charge in [-0.1, -0.05) is 18.2 Å². The van der Waals surface area contributed by atoms with Crippen molar-refractivity contribution in [1.29, 1.82) is 0 Å². The number of carbonyl (C=O) groups is 3. The lowest BCUT2D eigenvalue weighted by Gasteiger charge is -2.49. The quantitative estimate of drug-likeness (QED) is 0.336. The number of carboxylic acid groups (broad SMARTS) is 1. The second kappa shape index (κ2) is 7.54. The summed E-state index contributed by atoms with van der Waals surface area (Å²) >= 11 is 1.21. The third kappa shape index (κ3) is 3.63. The van der Waals surface area contributed by atoms with Crippen LogP contribution in [0.5, 0.6) is 0 Å². The molecular weight excluding hydrogens is 412 g/mol. The van der Waals surface area contributed by atoms with Crippen LogP contribution in [0, 0.1) is 0 Å². The lowest BCUT2D eigenvalue weighted by Crippen LogP contribution is -2.70. The monoisotopic (exact) mass is 428 g/mol. The second-order valence-corrected chi connectivity index (χ2v) is 8.62. The largest absolute Gasteiger partial charge is 0.477 e. The second-order valence-electron chi connectivity index (χ2n) is 6.13. The molecule has 0 aromatic heterocycles. The first kappa shape index (κ1) is 20.3. The van der Waals surface area contributed by atoms with E-state index in [1.807, 2.05) is 0 Å². The topological polar surface area (TPSA) is 161 Å². The number of nitrogens with zero attached hydrogens (tertiary/aromatic N) is 1. The summed E-state index contributed by atoms with van der Waals surface area (Å²) in [4.78, 5) is 36.7. The molecule has 1 fully saturated rings. The van der Waals surface area contributed by atoms with Crippen LogP contribution < -0.4 is 5.32 Å². The van der Waals surface area contributed by atoms with Crippen LogP contribution in [0.3, 0.4) is 0 Å². The van der Waals surface area contributed by atoms with Crippen LogP contribution in [0.15, 0.2) is 40.4 Å². The van der Waals surface area contributed by atoms with Crippen molar-refractivity contribution in [2.45, 2.75) is 22.7 Å². The number of carbonyl (C=O) groups excluding carboxylic acids is 2. The minimum Gasteiger partial charge on any atom is -0.477 e. The van der Waals surface area contributed by atoms with Crippen LogP contribution in [0.1, 0.15) is 5.56 Å². The zero-order chi connectivity index (χ0) is 20.6. The number of β-lactam (4-membered cyclic amide) rings is 1. The van der Waals surface area contributed by atoms with Crippen LogP contribution in [0.25, 0.3) is 0 Å². The number of aliphatic hydroxyl groups is 1. The van der Waals surface area contributed by atoms with E-state index in [2.05, 4.69) is 5.32 Å². The Morgan fingerprint density at radius 3 is 2.57 bits per heavy atom. The van der Waals surface area contributed by atoms with Crippen LogP contribution >= 0.6 is 11.8 Å². The number of aliphatic hydroxyl groups excluding tert-OH is 1. The molecule has 0 unspecified atom stereocenters. The first-order valence-corrected chi connectivity index (χ1v) is 10.5. The molecule has 2 amide bonds. The van der Waals surface area contributed by atoms with Gasteiger partial charge in [0, 0.05) is 5.75 Å². The van der Waals surface area contributed by atoms with Crippen molar-refractivity contribution in [3.63, 3.8) is 0 Å². The van der Waals surface area contributed by atoms with E-state index in [9.17, 15) is 37.6 Å². The van der Waals surface area contributed by atoms with Crippen molar-refractivity contribution in [2.75, 3.05) is 12.4 Å². The van der Waals surface area contributed by atoms with Gasteiger partial charge in [-0.05, 0) is 17.2 Å². The van der Waals surface area contributed by atoms with E-state index >= 15 is 0 Å². The molecular formula is C16H16N2O8S2. The zero-order valence-corrected chi connectivity index (χ0v) is 15.9. The average molecular weight is 428 g/mol. The van der Waals surface area contributed by atoms with Gasteiger partial charge >= 0.3 is 5.97 Å². The van der Waals surface area contributed by atoms with Gasteiger partial charge in [0.15, 0.2) is 0 Å². The fraction of sp³-hybridized carbons (Fsp3) is 0.312. The highest BCUT2D eigenvalue weighted by Gasteiger charge is 2.54. The molecule has 150 valence electrons. The van der Waals surface area contributed by atoms with Gasteiger partial charge in [-0.25, -0.2) is 4.79 Å². The number of hydrogen-bond donors (Lipinski definition) is 4. The van der Waals surface area contributed by atoms with Gasteiger partial charge in [0.1, 0.15) is 17.1 Å². The number of rotatable bonds is 6. The lowest BCUT2D eigenvalue weighted by atomic mass is 10.0. The number of aliphatic carboxylic acids is 1. The predicted molar refractivity (Wildman–Crippen MR) is 96.7 cm³/mol. The Balaban J connectivity index is 1.74. The van der Waals surface area contributed by atoms with Gasteiger partial charge in [0.05, 0.1) is 17.9 Å². The summed E-state index contributed by atoms with van der Waals surface area (Å²) in [6.07, 6.45) is -0.388. The third-order valence-corrected chi connectivity index (χ3v) is 6.65. The fourth-order valence-electron chi connectivity index (χ4n) is 3.10. The van der Waals surface area contributed by atoms with Crippen LogP contribution in [-0.4, -0.2) is 69.6 Å². The van der Waals surface area contributed by atoms with E-state index in [4.69, 9.17) is 0 Å².